The van der Waals surface area contributed by atoms with Crippen molar-refractivity contribution in [3.8, 4) is 0 Å². The van der Waals surface area contributed by atoms with Crippen molar-refractivity contribution >= 4 is 17.5 Å². The fraction of sp³-hybridized carbons (Fsp3) is 0.750. The van der Waals surface area contributed by atoms with Crippen LogP contribution in [0.25, 0.3) is 0 Å². The number of rotatable bonds is 6. The Balaban J connectivity index is 1.98. The third kappa shape index (κ3) is 4.93. The van der Waals surface area contributed by atoms with Gasteiger partial charge in [0.15, 0.2) is 0 Å². The third-order valence-corrected chi connectivity index (χ3v) is 4.23. The number of aryl methyl sites for hydroxylation is 1. The van der Waals surface area contributed by atoms with Crippen LogP contribution in [0.1, 0.15) is 36.8 Å². The molecule has 0 radical (unpaired) electrons. The summed E-state index contributed by atoms with van der Waals surface area (Å²) >= 11 is 6.36. The Morgan fingerprint density at radius 3 is 2.57 bits per heavy atom. The summed E-state index contributed by atoms with van der Waals surface area (Å²) < 4.78 is 7.05. The van der Waals surface area contributed by atoms with Crippen LogP contribution in [0.3, 0.4) is 0 Å². The smallest absolute Gasteiger partial charge is 0.256 e. The van der Waals surface area contributed by atoms with Gasteiger partial charge in [0, 0.05) is 32.2 Å². The molecule has 1 atom stereocenters. The average Bonchev–Trinajstić information content (AvgIpc) is 2.73. The number of carbonyl (C=O) groups is 1. The number of aromatic nitrogens is 2. The molecule has 1 aliphatic heterocycles. The van der Waals surface area contributed by atoms with E-state index < -0.39 is 0 Å². The van der Waals surface area contributed by atoms with Gasteiger partial charge in [-0.15, -0.1) is 0 Å². The van der Waals surface area contributed by atoms with E-state index >= 15 is 0 Å². The van der Waals surface area contributed by atoms with E-state index in [9.17, 15) is 4.79 Å². The predicted octanol–water partition coefficient (Wildman–Crippen LogP) is 1.95. The van der Waals surface area contributed by atoms with Crippen molar-refractivity contribution in [1.82, 2.24) is 20.0 Å². The van der Waals surface area contributed by atoms with Crippen molar-refractivity contribution < 1.29 is 9.53 Å². The van der Waals surface area contributed by atoms with E-state index in [-0.39, 0.29) is 11.9 Å². The van der Waals surface area contributed by atoms with Crippen LogP contribution in [-0.4, -0.2) is 59.5 Å². The second-order valence-electron chi connectivity index (χ2n) is 6.61. The lowest BCUT2D eigenvalue weighted by Crippen LogP contribution is -2.46. The van der Waals surface area contributed by atoms with E-state index in [4.69, 9.17) is 16.3 Å². The van der Waals surface area contributed by atoms with Gasteiger partial charge >= 0.3 is 0 Å². The summed E-state index contributed by atoms with van der Waals surface area (Å²) in [7, 11) is 0. The average molecular weight is 343 g/mol. The zero-order chi connectivity index (χ0) is 17.0. The van der Waals surface area contributed by atoms with Gasteiger partial charge < -0.3 is 10.1 Å². The minimum Gasteiger partial charge on any atom is -0.379 e. The summed E-state index contributed by atoms with van der Waals surface area (Å²) in [5.41, 5.74) is 1.16. The van der Waals surface area contributed by atoms with Crippen molar-refractivity contribution in [2.24, 2.45) is 5.92 Å². The van der Waals surface area contributed by atoms with Crippen LogP contribution in [0.4, 0.5) is 0 Å². The van der Waals surface area contributed by atoms with Gasteiger partial charge in [-0.1, -0.05) is 25.4 Å². The fourth-order valence-corrected chi connectivity index (χ4v) is 3.12. The molecule has 0 unspecified atom stereocenters. The summed E-state index contributed by atoms with van der Waals surface area (Å²) in [6.07, 6.45) is 0. The normalized spacial score (nSPS) is 17.5. The number of hydrogen-bond donors (Lipinski definition) is 1. The highest BCUT2D eigenvalue weighted by Gasteiger charge is 2.23. The van der Waals surface area contributed by atoms with E-state index in [1.54, 1.807) is 4.68 Å². The van der Waals surface area contributed by atoms with Gasteiger partial charge in [-0.25, -0.2) is 0 Å². The SMILES string of the molecule is Cc1nn(CC(C)C)c(Cl)c1C(=O)N[C@@H](C)CN1CCOCC1. The van der Waals surface area contributed by atoms with Crippen LogP contribution in [0, 0.1) is 12.8 Å². The third-order valence-electron chi connectivity index (χ3n) is 3.84. The summed E-state index contributed by atoms with van der Waals surface area (Å²) in [5, 5.41) is 7.85. The monoisotopic (exact) mass is 342 g/mol. The molecule has 2 heterocycles. The van der Waals surface area contributed by atoms with Crippen molar-refractivity contribution in [2.45, 2.75) is 40.3 Å². The molecule has 6 nitrogen and oxygen atoms in total. The molecular formula is C16H27ClN4O2. The van der Waals surface area contributed by atoms with Gasteiger partial charge in [-0.2, -0.15) is 5.10 Å². The zero-order valence-corrected chi connectivity index (χ0v) is 15.2. The Morgan fingerprint density at radius 1 is 1.30 bits per heavy atom. The van der Waals surface area contributed by atoms with Crippen LogP contribution in [0.5, 0.6) is 0 Å². The van der Waals surface area contributed by atoms with Crippen LogP contribution in [0.15, 0.2) is 0 Å². The molecule has 1 aromatic heterocycles. The molecule has 1 aliphatic rings. The number of amides is 1. The summed E-state index contributed by atoms with van der Waals surface area (Å²) in [5.74, 6) is 0.270. The van der Waals surface area contributed by atoms with Crippen LogP contribution in [-0.2, 0) is 11.3 Å². The van der Waals surface area contributed by atoms with E-state index in [2.05, 4.69) is 29.2 Å². The molecule has 0 aliphatic carbocycles. The van der Waals surface area contributed by atoms with E-state index in [0.717, 1.165) is 32.8 Å². The van der Waals surface area contributed by atoms with E-state index in [1.807, 2.05) is 13.8 Å². The van der Waals surface area contributed by atoms with E-state index in [0.29, 0.717) is 28.9 Å². The number of ether oxygens (including phenoxy) is 1. The first-order valence-electron chi connectivity index (χ1n) is 8.22. The van der Waals surface area contributed by atoms with Crippen LogP contribution < -0.4 is 5.32 Å². The largest absolute Gasteiger partial charge is 0.379 e. The highest BCUT2D eigenvalue weighted by atomic mass is 35.5. The minimum atomic E-state index is -0.150. The lowest BCUT2D eigenvalue weighted by atomic mass is 10.2. The standard InChI is InChI=1S/C16H27ClN4O2/c1-11(2)9-21-15(17)14(13(4)19-21)16(22)18-12(3)10-20-5-7-23-8-6-20/h11-12H,5-10H2,1-4H3,(H,18,22)/t12-/m0/s1. The quantitative estimate of drug-likeness (QED) is 0.858. The first kappa shape index (κ1) is 18.2. The second-order valence-corrected chi connectivity index (χ2v) is 6.97. The zero-order valence-electron chi connectivity index (χ0n) is 14.4. The predicted molar refractivity (Wildman–Crippen MR) is 91.0 cm³/mol. The number of nitrogens with one attached hydrogen (secondary N) is 1. The molecule has 130 valence electrons. The molecule has 0 saturated carbocycles. The second kappa shape index (κ2) is 8.13. The number of nitrogens with zero attached hydrogens (tertiary/aromatic N) is 3. The maximum Gasteiger partial charge on any atom is 0.256 e. The summed E-state index contributed by atoms with van der Waals surface area (Å²) in [4.78, 5) is 14.8. The Bertz CT molecular complexity index is 538. The Labute approximate surface area is 143 Å². The van der Waals surface area contributed by atoms with Crippen LogP contribution in [0.2, 0.25) is 5.15 Å². The lowest BCUT2D eigenvalue weighted by Gasteiger charge is -2.29. The summed E-state index contributed by atoms with van der Waals surface area (Å²) in [6.45, 7) is 12.9. The first-order valence-corrected chi connectivity index (χ1v) is 8.60. The molecule has 23 heavy (non-hydrogen) atoms. The van der Waals surface area contributed by atoms with E-state index in [1.165, 1.54) is 0 Å². The molecular weight excluding hydrogens is 316 g/mol. The molecule has 1 fully saturated rings. The lowest BCUT2D eigenvalue weighted by molar-refractivity contribution is 0.0342. The van der Waals surface area contributed by atoms with Crippen molar-refractivity contribution in [3.05, 3.63) is 16.4 Å². The Kier molecular flexibility index (Phi) is 6.44. The molecule has 7 heteroatoms. The maximum atomic E-state index is 12.5. The summed E-state index contributed by atoms with van der Waals surface area (Å²) in [6, 6.07) is 0.0458. The highest BCUT2D eigenvalue weighted by molar-refractivity contribution is 6.33. The molecule has 0 bridgehead atoms. The van der Waals surface area contributed by atoms with Crippen LogP contribution >= 0.6 is 11.6 Å². The molecule has 1 saturated heterocycles. The van der Waals surface area contributed by atoms with Gasteiger partial charge in [-0.3, -0.25) is 14.4 Å². The fourth-order valence-electron chi connectivity index (χ4n) is 2.79. The molecule has 1 N–H and O–H groups in total. The van der Waals surface area contributed by atoms with Crippen molar-refractivity contribution in [2.75, 3.05) is 32.8 Å². The maximum absolute atomic E-state index is 12.5. The van der Waals surface area contributed by atoms with Gasteiger partial charge in [0.2, 0.25) is 0 Å². The van der Waals surface area contributed by atoms with Gasteiger partial charge in [0.05, 0.1) is 24.5 Å². The van der Waals surface area contributed by atoms with Crippen molar-refractivity contribution in [3.63, 3.8) is 0 Å². The van der Waals surface area contributed by atoms with Gasteiger partial charge in [-0.05, 0) is 19.8 Å². The van der Waals surface area contributed by atoms with Gasteiger partial charge in [0.25, 0.3) is 5.91 Å². The molecule has 0 aromatic carbocycles. The Morgan fingerprint density at radius 2 is 1.96 bits per heavy atom. The minimum absolute atomic E-state index is 0.0458. The Hall–Kier alpha value is -1.11. The van der Waals surface area contributed by atoms with Crippen molar-refractivity contribution in [1.29, 1.82) is 0 Å². The number of morpholine rings is 1. The number of hydrogen-bond acceptors (Lipinski definition) is 4. The molecule has 1 amide bonds. The molecule has 0 spiro atoms. The topological polar surface area (TPSA) is 59.4 Å². The number of halogens is 1. The first-order chi connectivity index (χ1) is 10.9. The van der Waals surface area contributed by atoms with Gasteiger partial charge in [0.1, 0.15) is 5.15 Å². The molecule has 2 rings (SSSR count). The number of carbonyl (C=O) groups excluding carboxylic acids is 1. The highest BCUT2D eigenvalue weighted by Crippen LogP contribution is 2.21. The molecule has 1 aromatic rings.